The average molecular weight is 554 g/mol. The number of hydrogen-bond acceptors (Lipinski definition) is 5. The van der Waals surface area contributed by atoms with Crippen LogP contribution in [0.3, 0.4) is 0 Å². The molecule has 7 rings (SSSR count). The zero-order chi connectivity index (χ0) is 27.8. The van der Waals surface area contributed by atoms with E-state index in [1.807, 2.05) is 30.5 Å². The third kappa shape index (κ3) is 3.44. The highest BCUT2D eigenvalue weighted by Gasteiger charge is 2.70. The third-order valence-electron chi connectivity index (χ3n) is 8.24. The van der Waals surface area contributed by atoms with Crippen molar-refractivity contribution in [2.45, 2.75) is 24.9 Å². The van der Waals surface area contributed by atoms with Crippen LogP contribution in [0.5, 0.6) is 0 Å². The fraction of sp³-hybridized carbons (Fsp3) is 0.200. The molecule has 4 atom stereocenters. The van der Waals surface area contributed by atoms with Gasteiger partial charge >= 0.3 is 0 Å². The van der Waals surface area contributed by atoms with Gasteiger partial charge in [0.1, 0.15) is 5.54 Å². The highest BCUT2D eigenvalue weighted by Crippen LogP contribution is 2.54. The van der Waals surface area contributed by atoms with Crippen LogP contribution in [-0.2, 0) is 31.1 Å². The summed E-state index contributed by atoms with van der Waals surface area (Å²) in [5, 5.41) is 10.5. The molecule has 1 aromatic heterocycles. The van der Waals surface area contributed by atoms with Gasteiger partial charge in [-0.05, 0) is 60.5 Å². The standard InChI is InChI=1S/C30H24ClN5O4/c1-15(37)33-18-7-9-19(10-8-18)36-27(38)25-24(12-16-14-32-22-5-3-2-4-20(16)22)35-30(26(25)28(36)39)21-13-17(31)6-11-23(21)34-29(30)40/h2-11,13-14,24-26,32,35H,12H2,1H3,(H,33,37)(H,34,40)/t24-,25+,26+,30+/m0/s1. The molecule has 4 heterocycles. The molecular weight excluding hydrogens is 530 g/mol. The first-order valence-corrected chi connectivity index (χ1v) is 13.4. The summed E-state index contributed by atoms with van der Waals surface area (Å²) in [5.74, 6) is -3.23. The van der Waals surface area contributed by atoms with Gasteiger partial charge in [-0.2, -0.15) is 0 Å². The number of amides is 4. The number of aromatic amines is 1. The van der Waals surface area contributed by atoms with Crippen LogP contribution >= 0.6 is 11.6 Å². The molecule has 0 saturated carbocycles. The molecule has 9 nitrogen and oxygen atoms in total. The number of rotatable bonds is 4. The molecule has 2 saturated heterocycles. The molecule has 0 unspecified atom stereocenters. The molecule has 0 radical (unpaired) electrons. The van der Waals surface area contributed by atoms with Crippen LogP contribution in [0.15, 0.2) is 72.9 Å². The number of benzene rings is 3. The number of hydrogen-bond donors (Lipinski definition) is 4. The molecule has 0 bridgehead atoms. The molecule has 1 spiro atoms. The maximum absolute atomic E-state index is 14.2. The maximum atomic E-state index is 14.2. The largest absolute Gasteiger partial charge is 0.361 e. The van der Waals surface area contributed by atoms with Crippen molar-refractivity contribution in [3.8, 4) is 0 Å². The van der Waals surface area contributed by atoms with Gasteiger partial charge in [-0.3, -0.25) is 24.5 Å². The van der Waals surface area contributed by atoms with Crippen molar-refractivity contribution < 1.29 is 19.2 Å². The van der Waals surface area contributed by atoms with E-state index in [0.717, 1.165) is 16.5 Å². The Bertz CT molecular complexity index is 1750. The normalized spacial score (nSPS) is 25.0. The summed E-state index contributed by atoms with van der Waals surface area (Å²) in [6.45, 7) is 1.40. The lowest BCUT2D eigenvalue weighted by atomic mass is 9.76. The number of H-pyrrole nitrogens is 1. The van der Waals surface area contributed by atoms with Crippen LogP contribution < -0.4 is 20.9 Å². The fourth-order valence-electron chi connectivity index (χ4n) is 6.64. The summed E-state index contributed by atoms with van der Waals surface area (Å²) >= 11 is 6.37. The van der Waals surface area contributed by atoms with Crippen molar-refractivity contribution in [2.75, 3.05) is 15.5 Å². The number of nitrogens with one attached hydrogen (secondary N) is 4. The molecule has 4 aromatic rings. The summed E-state index contributed by atoms with van der Waals surface area (Å²) in [6, 6.07) is 19.0. The van der Waals surface area contributed by atoms with Crippen LogP contribution in [0.2, 0.25) is 5.02 Å². The van der Waals surface area contributed by atoms with Gasteiger partial charge in [-0.1, -0.05) is 29.8 Å². The Hall–Kier alpha value is -4.47. The fourth-order valence-corrected chi connectivity index (χ4v) is 6.81. The number of carbonyl (C=O) groups excluding carboxylic acids is 4. The Balaban J connectivity index is 1.34. The van der Waals surface area contributed by atoms with Crippen molar-refractivity contribution in [3.05, 3.63) is 89.1 Å². The zero-order valence-electron chi connectivity index (χ0n) is 21.3. The van der Waals surface area contributed by atoms with E-state index in [-0.39, 0.29) is 17.7 Å². The molecule has 3 aliphatic heterocycles. The maximum Gasteiger partial charge on any atom is 0.250 e. The second-order valence-corrected chi connectivity index (χ2v) is 10.9. The van der Waals surface area contributed by atoms with E-state index in [2.05, 4.69) is 20.9 Å². The van der Waals surface area contributed by atoms with Crippen molar-refractivity contribution in [1.29, 1.82) is 0 Å². The topological polar surface area (TPSA) is 123 Å². The summed E-state index contributed by atoms with van der Waals surface area (Å²) in [4.78, 5) is 58.0. The number of aromatic nitrogens is 1. The molecule has 3 aliphatic rings. The second-order valence-electron chi connectivity index (χ2n) is 10.5. The van der Waals surface area contributed by atoms with Gasteiger partial charge < -0.3 is 15.6 Å². The number of fused-ring (bicyclic) bond motifs is 5. The van der Waals surface area contributed by atoms with Crippen LogP contribution in [0.1, 0.15) is 18.1 Å². The minimum Gasteiger partial charge on any atom is -0.361 e. The highest BCUT2D eigenvalue weighted by atomic mass is 35.5. The molecular formula is C30H24ClN5O4. The lowest BCUT2D eigenvalue weighted by Crippen LogP contribution is -2.53. The van der Waals surface area contributed by atoms with Gasteiger partial charge in [0, 0.05) is 52.0 Å². The quantitative estimate of drug-likeness (QED) is 0.285. The van der Waals surface area contributed by atoms with E-state index in [9.17, 15) is 19.2 Å². The van der Waals surface area contributed by atoms with Gasteiger partial charge in [0.25, 0.3) is 0 Å². The Morgan fingerprint density at radius 1 is 1.02 bits per heavy atom. The van der Waals surface area contributed by atoms with Crippen molar-refractivity contribution >= 4 is 63.2 Å². The Morgan fingerprint density at radius 2 is 1.80 bits per heavy atom. The first kappa shape index (κ1) is 24.6. The molecule has 40 heavy (non-hydrogen) atoms. The van der Waals surface area contributed by atoms with E-state index in [0.29, 0.717) is 34.1 Å². The summed E-state index contributed by atoms with van der Waals surface area (Å²) in [5.41, 5.74) is 2.53. The first-order valence-electron chi connectivity index (χ1n) is 13.0. The smallest absolute Gasteiger partial charge is 0.250 e. The number of nitrogens with zero attached hydrogens (tertiary/aromatic N) is 1. The van der Waals surface area contributed by atoms with Crippen molar-refractivity contribution in [2.24, 2.45) is 11.8 Å². The highest BCUT2D eigenvalue weighted by molar-refractivity contribution is 6.31. The van der Waals surface area contributed by atoms with Crippen LogP contribution in [0.25, 0.3) is 10.9 Å². The molecule has 3 aromatic carbocycles. The summed E-state index contributed by atoms with van der Waals surface area (Å²) in [7, 11) is 0. The molecule has 0 aliphatic carbocycles. The number of para-hydroxylation sites is 1. The predicted octanol–water partition coefficient (Wildman–Crippen LogP) is 3.95. The molecule has 200 valence electrons. The van der Waals surface area contributed by atoms with Crippen LogP contribution in [-0.4, -0.2) is 34.7 Å². The van der Waals surface area contributed by atoms with E-state index in [1.54, 1.807) is 42.5 Å². The Labute approximate surface area is 233 Å². The van der Waals surface area contributed by atoms with E-state index < -0.39 is 29.3 Å². The molecule has 2 fully saturated rings. The Morgan fingerprint density at radius 3 is 2.58 bits per heavy atom. The van der Waals surface area contributed by atoms with Crippen molar-refractivity contribution in [1.82, 2.24) is 10.3 Å². The number of halogens is 1. The molecule has 4 amide bonds. The van der Waals surface area contributed by atoms with E-state index in [1.165, 1.54) is 11.8 Å². The predicted molar refractivity (Wildman–Crippen MR) is 151 cm³/mol. The van der Waals surface area contributed by atoms with Crippen LogP contribution in [0.4, 0.5) is 17.1 Å². The lowest BCUT2D eigenvalue weighted by molar-refractivity contribution is -0.130. The van der Waals surface area contributed by atoms with Crippen LogP contribution in [0, 0.1) is 11.8 Å². The van der Waals surface area contributed by atoms with Gasteiger partial charge in [-0.25, -0.2) is 4.90 Å². The average Bonchev–Trinajstić information content (AvgIpc) is 3.64. The number of anilines is 3. The van der Waals surface area contributed by atoms with Crippen molar-refractivity contribution in [3.63, 3.8) is 0 Å². The zero-order valence-corrected chi connectivity index (χ0v) is 22.1. The Kier molecular flexibility index (Phi) is 5.39. The SMILES string of the molecule is CC(=O)Nc1ccc(N2C(=O)[C@@H]3[C@H](Cc4c[nH]c5ccccc45)N[C@@]4(C(=O)Nc5ccc(Cl)cc54)[C@H]3C2=O)cc1. The number of imide groups is 1. The summed E-state index contributed by atoms with van der Waals surface area (Å²) in [6.07, 6.45) is 2.33. The van der Waals surface area contributed by atoms with Gasteiger partial charge in [0.2, 0.25) is 23.6 Å². The molecule has 10 heteroatoms. The summed E-state index contributed by atoms with van der Waals surface area (Å²) < 4.78 is 0. The first-order chi connectivity index (χ1) is 19.3. The number of carbonyl (C=O) groups is 4. The van der Waals surface area contributed by atoms with Gasteiger partial charge in [-0.15, -0.1) is 0 Å². The van der Waals surface area contributed by atoms with Gasteiger partial charge in [0.05, 0.1) is 17.5 Å². The second kappa shape index (κ2) is 8.77. The van der Waals surface area contributed by atoms with E-state index >= 15 is 0 Å². The van der Waals surface area contributed by atoms with Gasteiger partial charge in [0.15, 0.2) is 0 Å². The lowest BCUT2D eigenvalue weighted by Gasteiger charge is -2.29. The van der Waals surface area contributed by atoms with E-state index in [4.69, 9.17) is 11.6 Å². The minimum atomic E-state index is -1.46. The third-order valence-corrected chi connectivity index (χ3v) is 8.47. The monoisotopic (exact) mass is 553 g/mol. The molecule has 4 N–H and O–H groups in total. The minimum absolute atomic E-state index is 0.228.